The molecule has 0 fully saturated rings. The van der Waals surface area contributed by atoms with Crippen LogP contribution in [0.1, 0.15) is 45.0 Å². The van der Waals surface area contributed by atoms with Crippen molar-refractivity contribution in [3.05, 3.63) is 67.7 Å². The minimum atomic E-state index is 0.222. The molecule has 2 rings (SSSR count). The summed E-state index contributed by atoms with van der Waals surface area (Å²) in [6.07, 6.45) is 0. The summed E-state index contributed by atoms with van der Waals surface area (Å²) in [4.78, 5) is 0. The molecule has 1 atom stereocenters. The highest BCUT2D eigenvalue weighted by molar-refractivity contribution is 9.10. The molecule has 0 saturated carbocycles. The van der Waals surface area contributed by atoms with Crippen molar-refractivity contribution in [2.45, 2.75) is 40.7 Å². The summed E-state index contributed by atoms with van der Waals surface area (Å²) < 4.78 is 1.14. The molecule has 0 saturated heterocycles. The third kappa shape index (κ3) is 3.22. The first-order valence-electron chi connectivity index (χ1n) is 7.36. The maximum atomic E-state index is 3.62. The molecule has 0 aliphatic heterocycles. The van der Waals surface area contributed by atoms with Gasteiger partial charge in [0, 0.05) is 4.47 Å². The van der Waals surface area contributed by atoms with Crippen LogP contribution in [0, 0.1) is 34.6 Å². The van der Waals surface area contributed by atoms with Gasteiger partial charge < -0.3 is 5.32 Å². The van der Waals surface area contributed by atoms with E-state index in [2.05, 4.69) is 80.1 Å². The van der Waals surface area contributed by atoms with E-state index in [1.54, 1.807) is 0 Å². The molecule has 2 aromatic rings. The molecule has 2 heteroatoms. The highest BCUT2D eigenvalue weighted by atomic mass is 79.9. The van der Waals surface area contributed by atoms with Crippen LogP contribution in [0.4, 0.5) is 0 Å². The predicted octanol–water partition coefficient (Wildman–Crippen LogP) is 5.30. The van der Waals surface area contributed by atoms with Gasteiger partial charge in [0.1, 0.15) is 0 Å². The fourth-order valence-corrected chi connectivity index (χ4v) is 3.71. The molecule has 1 nitrogen and oxygen atoms in total. The Balaban J connectivity index is 2.67. The van der Waals surface area contributed by atoms with Gasteiger partial charge in [0.25, 0.3) is 0 Å². The van der Waals surface area contributed by atoms with E-state index < -0.39 is 0 Å². The number of nitrogens with one attached hydrogen (secondary N) is 1. The lowest BCUT2D eigenvalue weighted by atomic mass is 9.86. The highest BCUT2D eigenvalue weighted by Crippen LogP contribution is 2.32. The summed E-state index contributed by atoms with van der Waals surface area (Å²) in [5.41, 5.74) is 9.48. The minimum absolute atomic E-state index is 0.222. The Labute approximate surface area is 136 Å². The molecule has 0 bridgehead atoms. The number of rotatable bonds is 3. The lowest BCUT2D eigenvalue weighted by Gasteiger charge is -2.25. The van der Waals surface area contributed by atoms with Gasteiger partial charge in [-0.15, -0.1) is 0 Å². The second-order valence-corrected chi connectivity index (χ2v) is 6.87. The van der Waals surface area contributed by atoms with E-state index in [9.17, 15) is 0 Å². The predicted molar refractivity (Wildman–Crippen MR) is 95.2 cm³/mol. The van der Waals surface area contributed by atoms with Crippen LogP contribution in [0.25, 0.3) is 0 Å². The quantitative estimate of drug-likeness (QED) is 0.795. The molecule has 0 aromatic heterocycles. The van der Waals surface area contributed by atoms with Crippen LogP contribution < -0.4 is 5.32 Å². The van der Waals surface area contributed by atoms with Crippen LogP contribution >= 0.6 is 15.9 Å². The maximum Gasteiger partial charge on any atom is 0.0580 e. The Morgan fingerprint density at radius 3 is 1.90 bits per heavy atom. The normalized spacial score (nSPS) is 12.5. The zero-order valence-electron chi connectivity index (χ0n) is 13.8. The van der Waals surface area contributed by atoms with E-state index in [0.29, 0.717) is 0 Å². The fraction of sp³-hybridized carbons (Fsp3) is 0.368. The Kier molecular flexibility index (Phi) is 4.90. The third-order valence-corrected chi connectivity index (χ3v) is 4.86. The van der Waals surface area contributed by atoms with Crippen molar-refractivity contribution < 1.29 is 0 Å². The molecule has 0 aliphatic rings. The SMILES string of the molecule is CNC(c1cc(C)cc(Br)c1)c1c(C)c(C)cc(C)c1C. The maximum absolute atomic E-state index is 3.62. The smallest absolute Gasteiger partial charge is 0.0580 e. The number of benzene rings is 2. The van der Waals surface area contributed by atoms with Crippen molar-refractivity contribution in [2.24, 2.45) is 0 Å². The minimum Gasteiger partial charge on any atom is -0.309 e. The van der Waals surface area contributed by atoms with Gasteiger partial charge in [-0.3, -0.25) is 0 Å². The van der Waals surface area contributed by atoms with E-state index in [4.69, 9.17) is 0 Å². The van der Waals surface area contributed by atoms with Gasteiger partial charge in [-0.1, -0.05) is 28.1 Å². The molecule has 0 aliphatic carbocycles. The lowest BCUT2D eigenvalue weighted by molar-refractivity contribution is 0.680. The Hall–Kier alpha value is -1.12. The summed E-state index contributed by atoms with van der Waals surface area (Å²) >= 11 is 3.62. The number of aryl methyl sites for hydroxylation is 3. The first-order valence-corrected chi connectivity index (χ1v) is 8.16. The van der Waals surface area contributed by atoms with Gasteiger partial charge in [-0.25, -0.2) is 0 Å². The second-order valence-electron chi connectivity index (χ2n) is 5.96. The Morgan fingerprint density at radius 1 is 0.857 bits per heavy atom. The molecule has 112 valence electrons. The van der Waals surface area contributed by atoms with E-state index in [1.165, 1.54) is 38.9 Å². The molecule has 0 spiro atoms. The summed E-state index contributed by atoms with van der Waals surface area (Å²) in [7, 11) is 2.04. The molecule has 1 N–H and O–H groups in total. The van der Waals surface area contributed by atoms with Crippen molar-refractivity contribution in [2.75, 3.05) is 7.05 Å². The first kappa shape index (κ1) is 16.3. The summed E-state index contributed by atoms with van der Waals surface area (Å²) in [6, 6.07) is 9.14. The molecular formula is C19H24BrN. The van der Waals surface area contributed by atoms with Crippen molar-refractivity contribution in [3.63, 3.8) is 0 Å². The topological polar surface area (TPSA) is 12.0 Å². The fourth-order valence-electron chi connectivity index (χ4n) is 3.09. The third-order valence-electron chi connectivity index (χ3n) is 4.40. The van der Waals surface area contributed by atoms with E-state index in [0.717, 1.165) is 4.47 Å². The van der Waals surface area contributed by atoms with Crippen molar-refractivity contribution in [1.29, 1.82) is 0 Å². The highest BCUT2D eigenvalue weighted by Gasteiger charge is 2.19. The Bertz CT molecular complexity index is 627. The van der Waals surface area contributed by atoms with Gasteiger partial charge >= 0.3 is 0 Å². The molecule has 0 radical (unpaired) electrons. The summed E-state index contributed by atoms with van der Waals surface area (Å²) in [5.74, 6) is 0. The van der Waals surface area contributed by atoms with Crippen molar-refractivity contribution in [3.8, 4) is 0 Å². The van der Waals surface area contributed by atoms with Gasteiger partial charge in [-0.05, 0) is 92.7 Å². The molecule has 2 aromatic carbocycles. The largest absolute Gasteiger partial charge is 0.309 e. The summed E-state index contributed by atoms with van der Waals surface area (Å²) in [6.45, 7) is 11.0. The number of halogens is 1. The monoisotopic (exact) mass is 345 g/mol. The standard InChI is InChI=1S/C19H24BrN/c1-11-7-16(10-17(20)8-11)19(21-6)18-14(4)12(2)9-13(3)15(18)5/h7-10,19,21H,1-6H3. The average molecular weight is 346 g/mol. The number of hydrogen-bond donors (Lipinski definition) is 1. The van der Waals surface area contributed by atoms with Crippen molar-refractivity contribution in [1.82, 2.24) is 5.32 Å². The molecule has 21 heavy (non-hydrogen) atoms. The molecule has 0 amide bonds. The van der Waals surface area contributed by atoms with Gasteiger partial charge in [0.05, 0.1) is 6.04 Å². The van der Waals surface area contributed by atoms with Gasteiger partial charge in [0.2, 0.25) is 0 Å². The van der Waals surface area contributed by atoms with Gasteiger partial charge in [-0.2, -0.15) is 0 Å². The average Bonchev–Trinajstić information content (AvgIpc) is 2.40. The van der Waals surface area contributed by atoms with Crippen LogP contribution in [0.15, 0.2) is 28.7 Å². The van der Waals surface area contributed by atoms with Crippen molar-refractivity contribution >= 4 is 15.9 Å². The van der Waals surface area contributed by atoms with Crippen LogP contribution in [0.3, 0.4) is 0 Å². The molecule has 0 heterocycles. The Morgan fingerprint density at radius 2 is 1.43 bits per heavy atom. The number of hydrogen-bond acceptors (Lipinski definition) is 1. The van der Waals surface area contributed by atoms with Crippen LogP contribution in [-0.4, -0.2) is 7.05 Å². The second kappa shape index (κ2) is 6.33. The molecular weight excluding hydrogens is 322 g/mol. The summed E-state index contributed by atoms with van der Waals surface area (Å²) in [5, 5.41) is 3.50. The van der Waals surface area contributed by atoms with Crippen LogP contribution in [0.2, 0.25) is 0 Å². The van der Waals surface area contributed by atoms with E-state index >= 15 is 0 Å². The van der Waals surface area contributed by atoms with E-state index in [1.807, 2.05) is 7.05 Å². The first-order chi connectivity index (χ1) is 9.85. The van der Waals surface area contributed by atoms with Gasteiger partial charge in [0.15, 0.2) is 0 Å². The van der Waals surface area contributed by atoms with E-state index in [-0.39, 0.29) is 6.04 Å². The van der Waals surface area contributed by atoms with Crippen LogP contribution in [0.5, 0.6) is 0 Å². The van der Waals surface area contributed by atoms with Crippen LogP contribution in [-0.2, 0) is 0 Å². The molecule has 1 unspecified atom stereocenters. The lowest BCUT2D eigenvalue weighted by Crippen LogP contribution is -2.21. The zero-order valence-corrected chi connectivity index (χ0v) is 15.4. The zero-order chi connectivity index (χ0) is 15.7.